The van der Waals surface area contributed by atoms with Gasteiger partial charge in [0.05, 0.1) is 12.4 Å². The molecule has 0 saturated heterocycles. The molecule has 0 unspecified atom stereocenters. The number of nitrogens with one attached hydrogen (secondary N) is 1. The van der Waals surface area contributed by atoms with Crippen molar-refractivity contribution >= 4 is 5.84 Å². The van der Waals surface area contributed by atoms with E-state index in [0.29, 0.717) is 12.3 Å². The summed E-state index contributed by atoms with van der Waals surface area (Å²) in [5.74, 6) is 1.77. The van der Waals surface area contributed by atoms with E-state index in [1.165, 1.54) is 0 Å². The number of nitrogens with two attached hydrogens (primary N) is 1. The van der Waals surface area contributed by atoms with Crippen LogP contribution in [0.4, 0.5) is 0 Å². The average Bonchev–Trinajstić information content (AvgIpc) is 2.70. The van der Waals surface area contributed by atoms with Crippen molar-refractivity contribution in [1.29, 1.82) is 5.41 Å². The second-order valence-corrected chi connectivity index (χ2v) is 4.90. The summed E-state index contributed by atoms with van der Waals surface area (Å²) in [7, 11) is 0. The van der Waals surface area contributed by atoms with E-state index < -0.39 is 0 Å². The third kappa shape index (κ3) is 4.83. The Kier molecular flexibility index (Phi) is 5.77. The molecule has 0 atom stereocenters. The summed E-state index contributed by atoms with van der Waals surface area (Å²) in [4.78, 5) is 6.53. The molecule has 0 aliphatic carbocycles. The van der Waals surface area contributed by atoms with Crippen molar-refractivity contribution in [2.24, 2.45) is 11.7 Å². The lowest BCUT2D eigenvalue weighted by Gasteiger charge is -2.20. The van der Waals surface area contributed by atoms with Crippen LogP contribution in [0.1, 0.15) is 33.0 Å². The molecule has 1 rings (SSSR count). The zero-order valence-corrected chi connectivity index (χ0v) is 11.6. The van der Waals surface area contributed by atoms with E-state index in [1.807, 2.05) is 4.68 Å². The number of aromatic nitrogens is 3. The second kappa shape index (κ2) is 7.10. The summed E-state index contributed by atoms with van der Waals surface area (Å²) in [6.07, 6.45) is 2.21. The first-order valence-corrected chi connectivity index (χ1v) is 6.44. The van der Waals surface area contributed by atoms with Gasteiger partial charge in [0.15, 0.2) is 0 Å². The van der Waals surface area contributed by atoms with Gasteiger partial charge < -0.3 is 5.73 Å². The number of amidine groups is 1. The van der Waals surface area contributed by atoms with Gasteiger partial charge in [-0.15, -0.1) is 0 Å². The molecule has 0 fully saturated rings. The first-order valence-electron chi connectivity index (χ1n) is 6.44. The lowest BCUT2D eigenvalue weighted by atomic mass is 10.2. The van der Waals surface area contributed by atoms with Gasteiger partial charge in [-0.1, -0.05) is 20.8 Å². The van der Waals surface area contributed by atoms with Crippen LogP contribution in [0, 0.1) is 11.3 Å². The average molecular weight is 252 g/mol. The van der Waals surface area contributed by atoms with Crippen LogP contribution in [-0.4, -0.2) is 38.6 Å². The lowest BCUT2D eigenvalue weighted by Crippen LogP contribution is -2.29. The maximum atomic E-state index is 7.27. The number of hydrogen-bond acceptors (Lipinski definition) is 4. The molecule has 0 aliphatic heterocycles. The molecule has 0 spiro atoms. The summed E-state index contributed by atoms with van der Waals surface area (Å²) >= 11 is 0. The molecule has 0 saturated carbocycles. The van der Waals surface area contributed by atoms with Gasteiger partial charge >= 0.3 is 0 Å². The van der Waals surface area contributed by atoms with E-state index in [4.69, 9.17) is 11.1 Å². The van der Waals surface area contributed by atoms with Crippen LogP contribution in [0.25, 0.3) is 0 Å². The third-order valence-corrected chi connectivity index (χ3v) is 2.74. The van der Waals surface area contributed by atoms with Gasteiger partial charge in [0.2, 0.25) is 0 Å². The molecule has 0 radical (unpaired) electrons. The molecule has 0 aliphatic rings. The minimum absolute atomic E-state index is 0.233. The molecule has 3 N–H and O–H groups in total. The highest BCUT2D eigenvalue weighted by atomic mass is 15.3. The summed E-state index contributed by atoms with van der Waals surface area (Å²) in [5.41, 5.74) is 5.39. The van der Waals surface area contributed by atoms with Crippen molar-refractivity contribution in [3.63, 3.8) is 0 Å². The van der Waals surface area contributed by atoms with E-state index in [2.05, 4.69) is 35.8 Å². The molecule has 1 aromatic heterocycles. The van der Waals surface area contributed by atoms with Crippen molar-refractivity contribution in [2.75, 3.05) is 13.1 Å². The van der Waals surface area contributed by atoms with Gasteiger partial charge in [-0.2, -0.15) is 5.10 Å². The Bertz CT molecular complexity index is 370. The minimum Gasteiger partial charge on any atom is -0.388 e. The number of rotatable bonds is 8. The van der Waals surface area contributed by atoms with E-state index in [-0.39, 0.29) is 5.84 Å². The van der Waals surface area contributed by atoms with Crippen LogP contribution in [0.3, 0.4) is 0 Å². The molecule has 6 heteroatoms. The Hall–Kier alpha value is -1.43. The molecule has 18 heavy (non-hydrogen) atoms. The SMILES string of the molecule is CCN(CCC(=N)N)Cc1ncnn1CC(C)C. The third-order valence-electron chi connectivity index (χ3n) is 2.74. The smallest absolute Gasteiger partial charge is 0.141 e. The summed E-state index contributed by atoms with van der Waals surface area (Å²) in [5, 5.41) is 11.5. The van der Waals surface area contributed by atoms with Crippen molar-refractivity contribution in [2.45, 2.75) is 40.3 Å². The number of nitrogens with zero attached hydrogens (tertiary/aromatic N) is 4. The van der Waals surface area contributed by atoms with E-state index in [1.54, 1.807) is 6.33 Å². The highest BCUT2D eigenvalue weighted by Crippen LogP contribution is 2.05. The predicted octanol–water partition coefficient (Wildman–Crippen LogP) is 1.08. The molecule has 0 aromatic carbocycles. The quantitative estimate of drug-likeness (QED) is 0.535. The Morgan fingerprint density at radius 1 is 1.56 bits per heavy atom. The predicted molar refractivity (Wildman–Crippen MR) is 72.3 cm³/mol. The van der Waals surface area contributed by atoms with Gasteiger partial charge in [0, 0.05) is 19.5 Å². The van der Waals surface area contributed by atoms with Gasteiger partial charge in [0.25, 0.3) is 0 Å². The molecule has 1 heterocycles. The minimum atomic E-state index is 0.233. The van der Waals surface area contributed by atoms with Crippen LogP contribution in [-0.2, 0) is 13.1 Å². The Balaban J connectivity index is 2.58. The molecule has 102 valence electrons. The summed E-state index contributed by atoms with van der Waals surface area (Å²) in [6.45, 7) is 9.79. The zero-order chi connectivity index (χ0) is 13.5. The van der Waals surface area contributed by atoms with Gasteiger partial charge in [-0.3, -0.25) is 10.3 Å². The van der Waals surface area contributed by atoms with Crippen LogP contribution < -0.4 is 5.73 Å². The fourth-order valence-corrected chi connectivity index (χ4v) is 1.74. The molecule has 0 amide bonds. The fourth-order valence-electron chi connectivity index (χ4n) is 1.74. The number of hydrogen-bond donors (Lipinski definition) is 2. The van der Waals surface area contributed by atoms with Crippen LogP contribution in [0.5, 0.6) is 0 Å². The summed E-state index contributed by atoms with van der Waals surface area (Å²) < 4.78 is 1.96. The molecular formula is C12H24N6. The van der Waals surface area contributed by atoms with E-state index >= 15 is 0 Å². The normalized spacial score (nSPS) is 11.4. The van der Waals surface area contributed by atoms with Crippen molar-refractivity contribution < 1.29 is 0 Å². The van der Waals surface area contributed by atoms with E-state index in [9.17, 15) is 0 Å². The second-order valence-electron chi connectivity index (χ2n) is 4.90. The van der Waals surface area contributed by atoms with Crippen molar-refractivity contribution in [3.8, 4) is 0 Å². The monoisotopic (exact) mass is 252 g/mol. The first-order chi connectivity index (χ1) is 8.52. The fraction of sp³-hybridized carbons (Fsp3) is 0.750. The van der Waals surface area contributed by atoms with Crippen LogP contribution in [0.15, 0.2) is 6.33 Å². The molecular weight excluding hydrogens is 228 g/mol. The van der Waals surface area contributed by atoms with Crippen molar-refractivity contribution in [3.05, 3.63) is 12.2 Å². The Labute approximate surface area is 109 Å². The summed E-state index contributed by atoms with van der Waals surface area (Å²) in [6, 6.07) is 0. The Morgan fingerprint density at radius 3 is 2.83 bits per heavy atom. The highest BCUT2D eigenvalue weighted by Gasteiger charge is 2.10. The first kappa shape index (κ1) is 14.6. The van der Waals surface area contributed by atoms with Gasteiger partial charge in [-0.25, -0.2) is 9.67 Å². The largest absolute Gasteiger partial charge is 0.388 e. The standard InChI is InChI=1S/C12H24N6/c1-4-17(6-5-11(13)14)8-12-15-9-16-18(12)7-10(2)3/h9-10H,4-8H2,1-3H3,(H3,13,14). The van der Waals surface area contributed by atoms with Gasteiger partial charge in [-0.05, 0) is 12.5 Å². The zero-order valence-electron chi connectivity index (χ0n) is 11.6. The maximum absolute atomic E-state index is 7.27. The van der Waals surface area contributed by atoms with Gasteiger partial charge in [0.1, 0.15) is 12.2 Å². The highest BCUT2D eigenvalue weighted by molar-refractivity contribution is 5.76. The van der Waals surface area contributed by atoms with Crippen LogP contribution >= 0.6 is 0 Å². The molecule has 0 bridgehead atoms. The molecule has 1 aromatic rings. The molecule has 6 nitrogen and oxygen atoms in total. The van der Waals surface area contributed by atoms with Crippen LogP contribution in [0.2, 0.25) is 0 Å². The topological polar surface area (TPSA) is 83.8 Å². The lowest BCUT2D eigenvalue weighted by molar-refractivity contribution is 0.271. The maximum Gasteiger partial charge on any atom is 0.141 e. The van der Waals surface area contributed by atoms with Crippen molar-refractivity contribution in [1.82, 2.24) is 19.7 Å². The van der Waals surface area contributed by atoms with E-state index in [0.717, 1.165) is 32.0 Å². The Morgan fingerprint density at radius 2 is 2.28 bits per heavy atom.